The highest BCUT2D eigenvalue weighted by Crippen LogP contribution is 2.33. The third kappa shape index (κ3) is 5.80. The highest BCUT2D eigenvalue weighted by Gasteiger charge is 2.18. The van der Waals surface area contributed by atoms with Crippen molar-refractivity contribution in [1.29, 1.82) is 0 Å². The Morgan fingerprint density at radius 1 is 1.00 bits per heavy atom. The number of benzene rings is 3. The van der Waals surface area contributed by atoms with Crippen LogP contribution in [0.5, 0.6) is 11.5 Å². The number of halogens is 1. The van der Waals surface area contributed by atoms with Gasteiger partial charge in [0.25, 0.3) is 11.8 Å². The summed E-state index contributed by atoms with van der Waals surface area (Å²) < 4.78 is 15.7. The molecular weight excluding hydrogens is 472 g/mol. The number of ether oxygens (including phenoxy) is 3. The topological polar surface area (TPSA) is 103 Å². The summed E-state index contributed by atoms with van der Waals surface area (Å²) in [5.74, 6) is -0.455. The summed E-state index contributed by atoms with van der Waals surface area (Å²) in [7, 11) is 0. The monoisotopic (exact) mass is 492 g/mol. The van der Waals surface area contributed by atoms with Gasteiger partial charge in [-0.1, -0.05) is 29.8 Å². The lowest BCUT2D eigenvalue weighted by Crippen LogP contribution is -2.31. The number of carbonyl (C=O) groups excluding carboxylic acids is 3. The summed E-state index contributed by atoms with van der Waals surface area (Å²) >= 11 is 6.15. The summed E-state index contributed by atoms with van der Waals surface area (Å²) in [5, 5.41) is 5.61. The van der Waals surface area contributed by atoms with Gasteiger partial charge in [-0.3, -0.25) is 9.59 Å². The zero-order valence-electron chi connectivity index (χ0n) is 18.7. The molecule has 0 unspecified atom stereocenters. The van der Waals surface area contributed by atoms with E-state index in [1.54, 1.807) is 61.5 Å². The van der Waals surface area contributed by atoms with Crippen LogP contribution in [0.15, 0.2) is 72.4 Å². The number of anilines is 1. The van der Waals surface area contributed by atoms with E-state index in [1.165, 1.54) is 18.2 Å². The van der Waals surface area contributed by atoms with Crippen LogP contribution >= 0.6 is 11.6 Å². The Bertz CT molecular complexity index is 1300. The number of nitrogens with one attached hydrogen (secondary N) is 2. The largest absolute Gasteiger partial charge is 0.462 e. The first-order chi connectivity index (χ1) is 16.9. The zero-order valence-corrected chi connectivity index (χ0v) is 19.4. The number of rotatable bonds is 7. The van der Waals surface area contributed by atoms with Gasteiger partial charge < -0.3 is 24.8 Å². The second kappa shape index (κ2) is 10.8. The Morgan fingerprint density at radius 3 is 2.49 bits per heavy atom. The van der Waals surface area contributed by atoms with E-state index < -0.39 is 17.8 Å². The van der Waals surface area contributed by atoms with Gasteiger partial charge in [0.15, 0.2) is 11.5 Å². The Kier molecular flexibility index (Phi) is 7.32. The Morgan fingerprint density at radius 2 is 1.74 bits per heavy atom. The van der Waals surface area contributed by atoms with Gasteiger partial charge in [0, 0.05) is 5.69 Å². The SMILES string of the molecule is CCOC(=O)c1ccc(NC(=O)/C(=C\c2ccc3c(c2)OCO3)NC(=O)c2ccccc2Cl)cc1. The first-order valence-corrected chi connectivity index (χ1v) is 11.1. The van der Waals surface area contributed by atoms with Crippen molar-refractivity contribution < 1.29 is 28.6 Å². The molecular formula is C26H21ClN2O6. The lowest BCUT2D eigenvalue weighted by Gasteiger charge is -2.12. The number of amides is 2. The number of carbonyl (C=O) groups is 3. The molecule has 3 aromatic carbocycles. The third-order valence-electron chi connectivity index (χ3n) is 4.97. The van der Waals surface area contributed by atoms with E-state index in [0.717, 1.165) is 0 Å². The highest BCUT2D eigenvalue weighted by atomic mass is 35.5. The van der Waals surface area contributed by atoms with Crippen molar-refractivity contribution in [2.45, 2.75) is 6.92 Å². The molecule has 0 radical (unpaired) electrons. The van der Waals surface area contributed by atoms with Crippen LogP contribution in [-0.2, 0) is 9.53 Å². The van der Waals surface area contributed by atoms with Crippen LogP contribution in [0.1, 0.15) is 33.2 Å². The van der Waals surface area contributed by atoms with Crippen LogP contribution in [0.4, 0.5) is 5.69 Å². The van der Waals surface area contributed by atoms with Crippen molar-refractivity contribution in [2.24, 2.45) is 0 Å². The fourth-order valence-corrected chi connectivity index (χ4v) is 3.49. The van der Waals surface area contributed by atoms with Crippen LogP contribution in [0.3, 0.4) is 0 Å². The van der Waals surface area contributed by atoms with E-state index in [-0.39, 0.29) is 29.7 Å². The fourth-order valence-electron chi connectivity index (χ4n) is 3.27. The van der Waals surface area contributed by atoms with Crippen molar-refractivity contribution in [1.82, 2.24) is 5.32 Å². The zero-order chi connectivity index (χ0) is 24.8. The lowest BCUT2D eigenvalue weighted by atomic mass is 10.1. The van der Waals surface area contributed by atoms with Crippen molar-refractivity contribution in [3.05, 3.63) is 94.1 Å². The number of fused-ring (bicyclic) bond motifs is 1. The van der Waals surface area contributed by atoms with E-state index in [1.807, 2.05) is 0 Å². The summed E-state index contributed by atoms with van der Waals surface area (Å²) in [6.45, 7) is 2.09. The quantitative estimate of drug-likeness (QED) is 0.367. The molecule has 4 rings (SSSR count). The Balaban J connectivity index is 1.59. The summed E-state index contributed by atoms with van der Waals surface area (Å²) in [6, 6.07) is 17.9. The molecule has 35 heavy (non-hydrogen) atoms. The molecule has 0 fully saturated rings. The van der Waals surface area contributed by atoms with Gasteiger partial charge in [0.2, 0.25) is 6.79 Å². The highest BCUT2D eigenvalue weighted by molar-refractivity contribution is 6.34. The van der Waals surface area contributed by atoms with Crippen molar-refractivity contribution in [3.8, 4) is 11.5 Å². The number of hydrogen-bond acceptors (Lipinski definition) is 6. The number of esters is 1. The smallest absolute Gasteiger partial charge is 0.338 e. The first-order valence-electron chi connectivity index (χ1n) is 10.7. The standard InChI is InChI=1S/C26H21ClN2O6/c1-2-33-26(32)17-8-10-18(11-9-17)28-25(31)21(29-24(30)19-5-3-4-6-20(19)27)13-16-7-12-22-23(14-16)35-15-34-22/h3-14H,2,15H2,1H3,(H,28,31)(H,29,30)/b21-13+. The molecule has 0 aliphatic carbocycles. The molecule has 1 aliphatic heterocycles. The van der Waals surface area contributed by atoms with Crippen molar-refractivity contribution >= 4 is 41.1 Å². The van der Waals surface area contributed by atoms with Gasteiger partial charge in [-0.15, -0.1) is 0 Å². The molecule has 3 aromatic rings. The van der Waals surface area contributed by atoms with Crippen LogP contribution in [-0.4, -0.2) is 31.2 Å². The average molecular weight is 493 g/mol. The minimum absolute atomic E-state index is 0.0248. The maximum absolute atomic E-state index is 13.1. The molecule has 2 amide bonds. The number of hydrogen-bond donors (Lipinski definition) is 2. The molecule has 1 heterocycles. The first kappa shape index (κ1) is 23.8. The molecule has 0 saturated heterocycles. The van der Waals surface area contributed by atoms with E-state index in [4.69, 9.17) is 25.8 Å². The van der Waals surface area contributed by atoms with Gasteiger partial charge >= 0.3 is 5.97 Å². The van der Waals surface area contributed by atoms with E-state index in [9.17, 15) is 14.4 Å². The molecule has 178 valence electrons. The Hall–Kier alpha value is -4.30. The average Bonchev–Trinajstić information content (AvgIpc) is 3.32. The lowest BCUT2D eigenvalue weighted by molar-refractivity contribution is -0.113. The maximum atomic E-state index is 13.1. The molecule has 2 N–H and O–H groups in total. The predicted molar refractivity (Wildman–Crippen MR) is 130 cm³/mol. The Labute approximate surface area is 206 Å². The molecule has 0 saturated carbocycles. The van der Waals surface area contributed by atoms with Crippen LogP contribution < -0.4 is 20.1 Å². The molecule has 0 aromatic heterocycles. The normalized spacial score (nSPS) is 12.1. The molecule has 0 atom stereocenters. The van der Waals surface area contributed by atoms with Crippen LogP contribution in [0.25, 0.3) is 6.08 Å². The van der Waals surface area contributed by atoms with Gasteiger partial charge in [-0.25, -0.2) is 4.79 Å². The summed E-state index contributed by atoms with van der Waals surface area (Å²) in [4.78, 5) is 37.9. The minimum atomic E-state index is -0.577. The van der Waals surface area contributed by atoms with Gasteiger partial charge in [-0.05, 0) is 67.1 Å². The van der Waals surface area contributed by atoms with E-state index in [2.05, 4.69) is 10.6 Å². The molecule has 0 spiro atoms. The van der Waals surface area contributed by atoms with Gasteiger partial charge in [0.1, 0.15) is 5.70 Å². The third-order valence-corrected chi connectivity index (χ3v) is 5.30. The molecule has 8 nitrogen and oxygen atoms in total. The molecule has 0 bridgehead atoms. The molecule has 9 heteroatoms. The van der Waals surface area contributed by atoms with Crippen LogP contribution in [0, 0.1) is 0 Å². The van der Waals surface area contributed by atoms with E-state index in [0.29, 0.717) is 28.3 Å². The van der Waals surface area contributed by atoms with Crippen LogP contribution in [0.2, 0.25) is 5.02 Å². The second-order valence-corrected chi connectivity index (χ2v) is 7.76. The maximum Gasteiger partial charge on any atom is 0.338 e. The van der Waals surface area contributed by atoms with Crippen molar-refractivity contribution in [3.63, 3.8) is 0 Å². The molecule has 1 aliphatic rings. The summed E-state index contributed by atoms with van der Waals surface area (Å²) in [5.41, 5.74) is 1.58. The minimum Gasteiger partial charge on any atom is -0.462 e. The predicted octanol–water partition coefficient (Wildman–Crippen LogP) is 4.66. The van der Waals surface area contributed by atoms with Crippen molar-refractivity contribution in [2.75, 3.05) is 18.7 Å². The summed E-state index contributed by atoms with van der Waals surface area (Å²) in [6.07, 6.45) is 1.51. The fraction of sp³-hybridized carbons (Fsp3) is 0.115. The van der Waals surface area contributed by atoms with Gasteiger partial charge in [-0.2, -0.15) is 0 Å². The second-order valence-electron chi connectivity index (χ2n) is 7.36. The van der Waals surface area contributed by atoms with Gasteiger partial charge in [0.05, 0.1) is 22.8 Å². The van der Waals surface area contributed by atoms with E-state index >= 15 is 0 Å².